The number of aliphatic carboxylic acids is 1. The Morgan fingerprint density at radius 3 is 1.61 bits per heavy atom. The van der Waals surface area contributed by atoms with Crippen LogP contribution in [-0.4, -0.2) is 36.6 Å². The summed E-state index contributed by atoms with van der Waals surface area (Å²) in [6, 6.07) is 0. The SMILES string of the molecule is CCCCCCCCCC(CCCCCCCCCCC=CCCCC(=O)O)CCN(C)C. The topological polar surface area (TPSA) is 40.5 Å². The van der Waals surface area contributed by atoms with Crippen LogP contribution in [0.5, 0.6) is 0 Å². The minimum Gasteiger partial charge on any atom is -0.481 e. The van der Waals surface area contributed by atoms with Crippen molar-refractivity contribution < 1.29 is 9.90 Å². The second kappa shape index (κ2) is 25.8. The fourth-order valence-corrected chi connectivity index (χ4v) is 4.63. The van der Waals surface area contributed by atoms with Crippen molar-refractivity contribution in [3.8, 4) is 0 Å². The average molecular weight is 466 g/mol. The molecule has 0 radical (unpaired) electrons. The monoisotopic (exact) mass is 465 g/mol. The summed E-state index contributed by atoms with van der Waals surface area (Å²) >= 11 is 0. The van der Waals surface area contributed by atoms with Gasteiger partial charge in [-0.1, -0.05) is 122 Å². The number of hydrogen-bond donors (Lipinski definition) is 1. The van der Waals surface area contributed by atoms with E-state index in [1.807, 2.05) is 0 Å². The van der Waals surface area contributed by atoms with Gasteiger partial charge in [0.15, 0.2) is 0 Å². The highest BCUT2D eigenvalue weighted by molar-refractivity contribution is 5.66. The van der Waals surface area contributed by atoms with Crippen molar-refractivity contribution in [1.82, 2.24) is 4.90 Å². The molecule has 0 fully saturated rings. The highest BCUT2D eigenvalue weighted by Gasteiger charge is 2.09. The molecule has 3 nitrogen and oxygen atoms in total. The summed E-state index contributed by atoms with van der Waals surface area (Å²) in [6.45, 7) is 3.55. The lowest BCUT2D eigenvalue weighted by Crippen LogP contribution is -2.17. The predicted molar refractivity (Wildman–Crippen MR) is 146 cm³/mol. The molecule has 0 saturated carbocycles. The molecule has 1 N–H and O–H groups in total. The molecule has 1 unspecified atom stereocenters. The van der Waals surface area contributed by atoms with Gasteiger partial charge in [-0.2, -0.15) is 0 Å². The molecule has 0 amide bonds. The van der Waals surface area contributed by atoms with E-state index in [0.29, 0.717) is 6.42 Å². The number of carboxylic acids is 1. The molecular weight excluding hydrogens is 406 g/mol. The molecule has 0 aromatic carbocycles. The van der Waals surface area contributed by atoms with Gasteiger partial charge in [0, 0.05) is 6.42 Å². The summed E-state index contributed by atoms with van der Waals surface area (Å²) in [5.74, 6) is 0.260. The third-order valence-corrected chi connectivity index (χ3v) is 6.86. The van der Waals surface area contributed by atoms with Crippen LogP contribution in [0.25, 0.3) is 0 Å². The minimum absolute atomic E-state index is 0.292. The maximum atomic E-state index is 10.5. The summed E-state index contributed by atoms with van der Waals surface area (Å²) < 4.78 is 0. The maximum Gasteiger partial charge on any atom is 0.303 e. The normalized spacial score (nSPS) is 12.7. The van der Waals surface area contributed by atoms with Gasteiger partial charge in [0.25, 0.3) is 0 Å². The van der Waals surface area contributed by atoms with Crippen molar-refractivity contribution >= 4 is 5.97 Å². The van der Waals surface area contributed by atoms with Crippen LogP contribution in [0.3, 0.4) is 0 Å². The van der Waals surface area contributed by atoms with Gasteiger partial charge in [0.05, 0.1) is 0 Å². The standard InChI is InChI=1S/C30H59NO2/c1-4-5-6-7-15-18-21-24-29(27-28-31(2)3)25-22-19-16-13-11-9-8-10-12-14-17-20-23-26-30(32)33/h14,17,29H,4-13,15-16,18-28H2,1-3H3,(H,32,33). The van der Waals surface area contributed by atoms with Crippen LogP contribution >= 0.6 is 0 Å². The Labute approximate surface area is 207 Å². The largest absolute Gasteiger partial charge is 0.481 e. The van der Waals surface area contributed by atoms with E-state index in [0.717, 1.165) is 25.2 Å². The van der Waals surface area contributed by atoms with Crippen molar-refractivity contribution in [3.63, 3.8) is 0 Å². The van der Waals surface area contributed by atoms with Crippen LogP contribution in [0, 0.1) is 5.92 Å². The van der Waals surface area contributed by atoms with Crippen LogP contribution in [-0.2, 0) is 4.79 Å². The van der Waals surface area contributed by atoms with E-state index >= 15 is 0 Å². The van der Waals surface area contributed by atoms with E-state index in [1.165, 1.54) is 122 Å². The molecule has 3 heteroatoms. The number of hydrogen-bond acceptors (Lipinski definition) is 2. The Balaban J connectivity index is 3.60. The fraction of sp³-hybridized carbons (Fsp3) is 0.900. The van der Waals surface area contributed by atoms with E-state index in [4.69, 9.17) is 5.11 Å². The zero-order valence-electron chi connectivity index (χ0n) is 22.8. The van der Waals surface area contributed by atoms with E-state index in [2.05, 4.69) is 38.1 Å². The van der Waals surface area contributed by atoms with Gasteiger partial charge in [-0.15, -0.1) is 0 Å². The van der Waals surface area contributed by atoms with Gasteiger partial charge in [0.2, 0.25) is 0 Å². The smallest absolute Gasteiger partial charge is 0.303 e. The molecule has 0 aliphatic rings. The van der Waals surface area contributed by atoms with Gasteiger partial charge in [-0.3, -0.25) is 4.79 Å². The molecule has 0 aromatic rings. The molecule has 0 aliphatic carbocycles. The van der Waals surface area contributed by atoms with E-state index in [-0.39, 0.29) is 0 Å². The molecule has 0 aromatic heterocycles. The Hall–Kier alpha value is -0.830. The average Bonchev–Trinajstić information content (AvgIpc) is 2.78. The number of rotatable bonds is 26. The minimum atomic E-state index is -0.684. The predicted octanol–water partition coefficient (Wildman–Crippen LogP) is 9.41. The second-order valence-corrected chi connectivity index (χ2v) is 10.5. The summed E-state index contributed by atoms with van der Waals surface area (Å²) in [6.07, 6.45) is 32.9. The number of nitrogens with zero attached hydrogens (tertiary/aromatic N) is 1. The highest BCUT2D eigenvalue weighted by Crippen LogP contribution is 2.22. The lowest BCUT2D eigenvalue weighted by Gasteiger charge is -2.19. The van der Waals surface area contributed by atoms with E-state index in [9.17, 15) is 4.79 Å². The molecule has 0 bridgehead atoms. The second-order valence-electron chi connectivity index (χ2n) is 10.5. The van der Waals surface area contributed by atoms with Crippen LogP contribution in [0.2, 0.25) is 0 Å². The number of allylic oxidation sites excluding steroid dienone is 2. The van der Waals surface area contributed by atoms with Crippen LogP contribution in [0.1, 0.15) is 148 Å². The van der Waals surface area contributed by atoms with Crippen molar-refractivity contribution in [2.75, 3.05) is 20.6 Å². The molecule has 0 spiro atoms. The fourth-order valence-electron chi connectivity index (χ4n) is 4.63. The molecule has 33 heavy (non-hydrogen) atoms. The first-order valence-electron chi connectivity index (χ1n) is 14.6. The van der Waals surface area contributed by atoms with Crippen molar-refractivity contribution in [3.05, 3.63) is 12.2 Å². The third kappa shape index (κ3) is 27.3. The van der Waals surface area contributed by atoms with E-state index in [1.54, 1.807) is 0 Å². The Bertz CT molecular complexity index is 433. The van der Waals surface area contributed by atoms with Crippen LogP contribution in [0.4, 0.5) is 0 Å². The summed E-state index contributed by atoms with van der Waals surface area (Å²) in [7, 11) is 4.42. The molecule has 0 heterocycles. The molecule has 0 saturated heterocycles. The zero-order chi connectivity index (χ0) is 24.4. The van der Waals surface area contributed by atoms with Gasteiger partial charge in [-0.25, -0.2) is 0 Å². The van der Waals surface area contributed by atoms with E-state index < -0.39 is 5.97 Å². The third-order valence-electron chi connectivity index (χ3n) is 6.86. The Kier molecular flexibility index (Phi) is 25.1. The van der Waals surface area contributed by atoms with Gasteiger partial charge in [0.1, 0.15) is 0 Å². The summed E-state index contributed by atoms with van der Waals surface area (Å²) in [5, 5.41) is 8.61. The van der Waals surface area contributed by atoms with Gasteiger partial charge in [-0.05, 0) is 58.7 Å². The zero-order valence-corrected chi connectivity index (χ0v) is 22.8. The Morgan fingerprint density at radius 2 is 1.12 bits per heavy atom. The number of unbranched alkanes of at least 4 members (excludes halogenated alkanes) is 15. The molecular formula is C30H59NO2. The summed E-state index contributed by atoms with van der Waals surface area (Å²) in [5.41, 5.74) is 0. The first-order valence-corrected chi connectivity index (χ1v) is 14.6. The molecule has 1 atom stereocenters. The lowest BCUT2D eigenvalue weighted by molar-refractivity contribution is -0.137. The van der Waals surface area contributed by atoms with Crippen molar-refractivity contribution in [1.29, 1.82) is 0 Å². The van der Waals surface area contributed by atoms with Gasteiger partial charge >= 0.3 is 5.97 Å². The number of carboxylic acid groups (broad SMARTS) is 1. The first kappa shape index (κ1) is 32.2. The van der Waals surface area contributed by atoms with Gasteiger partial charge < -0.3 is 10.0 Å². The quantitative estimate of drug-likeness (QED) is 0.102. The summed E-state index contributed by atoms with van der Waals surface area (Å²) in [4.78, 5) is 12.8. The lowest BCUT2D eigenvalue weighted by atomic mass is 9.91. The van der Waals surface area contributed by atoms with Crippen molar-refractivity contribution in [2.45, 2.75) is 148 Å². The first-order chi connectivity index (χ1) is 16.1. The van der Waals surface area contributed by atoms with Crippen LogP contribution in [0.15, 0.2) is 12.2 Å². The van der Waals surface area contributed by atoms with Crippen LogP contribution < -0.4 is 0 Å². The Morgan fingerprint density at radius 1 is 0.667 bits per heavy atom. The molecule has 0 rings (SSSR count). The van der Waals surface area contributed by atoms with Crippen molar-refractivity contribution in [2.24, 2.45) is 5.92 Å². The molecule has 0 aliphatic heterocycles. The highest BCUT2D eigenvalue weighted by atomic mass is 16.4. The number of carbonyl (C=O) groups is 1. The maximum absolute atomic E-state index is 10.5. The molecule has 196 valence electrons.